The van der Waals surface area contributed by atoms with Crippen LogP contribution in [0, 0.1) is 11.8 Å². The Morgan fingerprint density at radius 2 is 1.75 bits per heavy atom. The number of likely N-dealkylation sites (tertiary alicyclic amines) is 1. The lowest BCUT2D eigenvalue weighted by molar-refractivity contribution is -0.144. The van der Waals surface area contributed by atoms with Crippen molar-refractivity contribution < 1.29 is 19.5 Å². The summed E-state index contributed by atoms with van der Waals surface area (Å²) in [5, 5.41) is 11.9. The van der Waals surface area contributed by atoms with Crippen molar-refractivity contribution in [2.24, 2.45) is 11.8 Å². The van der Waals surface area contributed by atoms with Crippen molar-refractivity contribution in [3.8, 4) is 0 Å². The molecule has 6 heteroatoms. The second-order valence-corrected chi connectivity index (χ2v) is 5.91. The van der Waals surface area contributed by atoms with Crippen molar-refractivity contribution in [2.45, 2.75) is 44.6 Å². The first-order valence-corrected chi connectivity index (χ1v) is 7.24. The predicted molar refractivity (Wildman–Crippen MR) is 71.9 cm³/mol. The maximum absolute atomic E-state index is 12.2. The molecule has 1 unspecified atom stereocenters. The third-order valence-corrected chi connectivity index (χ3v) is 4.42. The van der Waals surface area contributed by atoms with Gasteiger partial charge >= 0.3 is 5.97 Å². The Morgan fingerprint density at radius 3 is 2.30 bits per heavy atom. The highest BCUT2D eigenvalue weighted by Crippen LogP contribution is 2.29. The van der Waals surface area contributed by atoms with Gasteiger partial charge in [-0.2, -0.15) is 0 Å². The molecule has 2 N–H and O–H groups in total. The van der Waals surface area contributed by atoms with E-state index >= 15 is 0 Å². The third kappa shape index (κ3) is 3.49. The minimum Gasteiger partial charge on any atom is -0.481 e. The maximum Gasteiger partial charge on any atom is 0.306 e. The molecule has 0 aromatic rings. The minimum atomic E-state index is -0.753. The number of carboxylic acid groups (broad SMARTS) is 1. The van der Waals surface area contributed by atoms with Crippen LogP contribution in [-0.2, 0) is 14.4 Å². The average molecular weight is 282 g/mol. The van der Waals surface area contributed by atoms with Crippen molar-refractivity contribution in [3.63, 3.8) is 0 Å². The van der Waals surface area contributed by atoms with E-state index in [1.54, 1.807) is 11.9 Å². The number of carboxylic acids is 1. The number of rotatable bonds is 3. The number of piperidine rings is 1. The molecule has 2 fully saturated rings. The van der Waals surface area contributed by atoms with E-state index in [4.69, 9.17) is 5.11 Å². The summed E-state index contributed by atoms with van der Waals surface area (Å²) in [5.74, 6) is -0.985. The summed E-state index contributed by atoms with van der Waals surface area (Å²) in [6.45, 7) is 0.565. The van der Waals surface area contributed by atoms with Gasteiger partial charge in [0.2, 0.25) is 11.8 Å². The molecule has 1 saturated heterocycles. The van der Waals surface area contributed by atoms with Crippen molar-refractivity contribution >= 4 is 17.8 Å². The number of hydrogen-bond acceptors (Lipinski definition) is 3. The van der Waals surface area contributed by atoms with Crippen LogP contribution in [0.2, 0.25) is 0 Å². The van der Waals surface area contributed by atoms with Crippen LogP contribution < -0.4 is 5.32 Å². The predicted octanol–water partition coefficient (Wildman–Crippen LogP) is 0.614. The van der Waals surface area contributed by atoms with Gasteiger partial charge in [-0.05, 0) is 32.1 Å². The van der Waals surface area contributed by atoms with Crippen LogP contribution in [0.1, 0.15) is 38.5 Å². The highest BCUT2D eigenvalue weighted by Gasteiger charge is 2.31. The first-order chi connectivity index (χ1) is 9.47. The van der Waals surface area contributed by atoms with Gasteiger partial charge in [-0.3, -0.25) is 14.4 Å². The zero-order valence-corrected chi connectivity index (χ0v) is 11.8. The van der Waals surface area contributed by atoms with E-state index in [1.165, 1.54) is 0 Å². The lowest BCUT2D eigenvalue weighted by atomic mass is 9.81. The van der Waals surface area contributed by atoms with Crippen LogP contribution in [0.4, 0.5) is 0 Å². The van der Waals surface area contributed by atoms with Gasteiger partial charge in [0.1, 0.15) is 0 Å². The first kappa shape index (κ1) is 14.8. The van der Waals surface area contributed by atoms with Crippen molar-refractivity contribution in [1.82, 2.24) is 10.2 Å². The quantitative estimate of drug-likeness (QED) is 0.794. The Bertz CT molecular complexity index is 402. The molecule has 0 aromatic heterocycles. The molecule has 112 valence electrons. The monoisotopic (exact) mass is 282 g/mol. The number of carbonyl (C=O) groups is 3. The molecule has 20 heavy (non-hydrogen) atoms. The van der Waals surface area contributed by atoms with Crippen LogP contribution in [0.3, 0.4) is 0 Å². The molecule has 0 spiro atoms. The first-order valence-electron chi connectivity index (χ1n) is 7.24. The van der Waals surface area contributed by atoms with Crippen LogP contribution in [0.15, 0.2) is 0 Å². The second-order valence-electron chi connectivity index (χ2n) is 5.91. The molecule has 0 radical (unpaired) electrons. The van der Waals surface area contributed by atoms with Crippen LogP contribution in [0.5, 0.6) is 0 Å². The molecule has 6 nitrogen and oxygen atoms in total. The molecule has 1 saturated carbocycles. The van der Waals surface area contributed by atoms with E-state index < -0.39 is 5.97 Å². The van der Waals surface area contributed by atoms with E-state index in [1.807, 2.05) is 0 Å². The van der Waals surface area contributed by atoms with Gasteiger partial charge < -0.3 is 15.3 Å². The van der Waals surface area contributed by atoms with Gasteiger partial charge in [-0.15, -0.1) is 0 Å². The van der Waals surface area contributed by atoms with Gasteiger partial charge in [0.25, 0.3) is 0 Å². The average Bonchev–Trinajstić information content (AvgIpc) is 2.43. The molecule has 1 heterocycles. The van der Waals surface area contributed by atoms with Gasteiger partial charge in [0.15, 0.2) is 0 Å². The Labute approximate surface area is 118 Å². The van der Waals surface area contributed by atoms with Gasteiger partial charge in [-0.25, -0.2) is 0 Å². The topological polar surface area (TPSA) is 86.7 Å². The largest absolute Gasteiger partial charge is 0.481 e. The summed E-state index contributed by atoms with van der Waals surface area (Å²) in [7, 11) is 1.75. The van der Waals surface area contributed by atoms with Gasteiger partial charge in [0, 0.05) is 32.0 Å². The number of nitrogens with one attached hydrogen (secondary N) is 1. The molecule has 1 atom stereocenters. The summed E-state index contributed by atoms with van der Waals surface area (Å²) in [6.07, 6.45) is 3.62. The summed E-state index contributed by atoms with van der Waals surface area (Å²) >= 11 is 0. The van der Waals surface area contributed by atoms with E-state index in [0.29, 0.717) is 45.1 Å². The Morgan fingerprint density at radius 1 is 1.15 bits per heavy atom. The molecule has 1 aliphatic carbocycles. The molecule has 0 aromatic carbocycles. The molecule has 0 bridgehead atoms. The fourth-order valence-corrected chi connectivity index (χ4v) is 3.05. The Balaban J connectivity index is 1.78. The van der Waals surface area contributed by atoms with E-state index in [-0.39, 0.29) is 29.7 Å². The molecule has 2 amide bonds. The zero-order chi connectivity index (χ0) is 14.7. The number of likely N-dealkylation sites (N-methyl/N-ethyl adjacent to an activating group) is 1. The number of aliphatic carboxylic acids is 1. The van der Waals surface area contributed by atoms with Crippen LogP contribution in [0.25, 0.3) is 0 Å². The van der Waals surface area contributed by atoms with E-state index in [0.717, 1.165) is 0 Å². The lowest BCUT2D eigenvalue weighted by Gasteiger charge is -2.32. The van der Waals surface area contributed by atoms with Crippen LogP contribution >= 0.6 is 0 Å². The van der Waals surface area contributed by atoms with Crippen molar-refractivity contribution in [3.05, 3.63) is 0 Å². The standard InChI is InChI=1S/C14H22N2O4/c1-16-8-11(6-7-12(16)17)15-13(18)9-2-4-10(5-3-9)14(19)20/h9-11H,2-8H2,1H3,(H,15,18)(H,19,20). The van der Waals surface area contributed by atoms with E-state index in [2.05, 4.69) is 5.32 Å². The number of carbonyl (C=O) groups excluding carboxylic acids is 2. The maximum atomic E-state index is 12.2. The van der Waals surface area contributed by atoms with Crippen LogP contribution in [-0.4, -0.2) is 47.4 Å². The molecule has 2 aliphatic rings. The smallest absolute Gasteiger partial charge is 0.306 e. The lowest BCUT2D eigenvalue weighted by Crippen LogP contribution is -2.50. The number of nitrogens with zero attached hydrogens (tertiary/aromatic N) is 1. The number of hydrogen-bond donors (Lipinski definition) is 2. The normalized spacial score (nSPS) is 30.9. The summed E-state index contributed by atoms with van der Waals surface area (Å²) < 4.78 is 0. The molecular weight excluding hydrogens is 260 g/mol. The van der Waals surface area contributed by atoms with E-state index in [9.17, 15) is 14.4 Å². The fraction of sp³-hybridized carbons (Fsp3) is 0.786. The zero-order valence-electron chi connectivity index (χ0n) is 11.8. The summed E-state index contributed by atoms with van der Waals surface area (Å²) in [6, 6.07) is 0.0300. The summed E-state index contributed by atoms with van der Waals surface area (Å²) in [4.78, 5) is 36.1. The summed E-state index contributed by atoms with van der Waals surface area (Å²) in [5.41, 5.74) is 0. The highest BCUT2D eigenvalue weighted by atomic mass is 16.4. The fourth-order valence-electron chi connectivity index (χ4n) is 3.05. The molecular formula is C14H22N2O4. The molecule has 2 rings (SSSR count). The Kier molecular flexibility index (Phi) is 4.62. The Hall–Kier alpha value is -1.59. The SMILES string of the molecule is CN1CC(NC(=O)C2CCC(C(=O)O)CC2)CCC1=O. The highest BCUT2D eigenvalue weighted by molar-refractivity contribution is 5.81. The van der Waals surface area contributed by atoms with Gasteiger partial charge in [0.05, 0.1) is 5.92 Å². The number of amides is 2. The van der Waals surface area contributed by atoms with Crippen molar-refractivity contribution in [2.75, 3.05) is 13.6 Å². The third-order valence-electron chi connectivity index (χ3n) is 4.42. The second kappa shape index (κ2) is 6.24. The minimum absolute atomic E-state index is 0.0154. The van der Waals surface area contributed by atoms with Crippen molar-refractivity contribution in [1.29, 1.82) is 0 Å². The van der Waals surface area contributed by atoms with Gasteiger partial charge in [-0.1, -0.05) is 0 Å². The molecule has 1 aliphatic heterocycles.